The van der Waals surface area contributed by atoms with Gasteiger partial charge < -0.3 is 10.0 Å². The fourth-order valence-electron chi connectivity index (χ4n) is 1.94. The first-order valence-electron chi connectivity index (χ1n) is 7.13. The molecule has 0 aliphatic rings. The highest BCUT2D eigenvalue weighted by Crippen LogP contribution is 2.11. The van der Waals surface area contributed by atoms with Gasteiger partial charge in [0.2, 0.25) is 10.0 Å². The number of rotatable bonds is 8. The number of benzene rings is 1. The number of sulfonamides is 1. The molecule has 1 rings (SSSR count). The average Bonchev–Trinajstić information content (AvgIpc) is 2.38. The zero-order chi connectivity index (χ0) is 16.1. The molecule has 0 saturated heterocycles. The summed E-state index contributed by atoms with van der Waals surface area (Å²) < 4.78 is 26.8. The molecule has 0 heterocycles. The number of nitrogens with one attached hydrogen (secondary N) is 1. The maximum absolute atomic E-state index is 12.1. The van der Waals surface area contributed by atoms with Gasteiger partial charge in [0.15, 0.2) is 0 Å². The molecule has 21 heavy (non-hydrogen) atoms. The smallest absolute Gasteiger partial charge is 0.240 e. The molecule has 0 amide bonds. The lowest BCUT2D eigenvalue weighted by molar-refractivity contribution is 0.0243. The Morgan fingerprint density at radius 3 is 2.38 bits per heavy atom. The van der Waals surface area contributed by atoms with Gasteiger partial charge in [-0.3, -0.25) is 0 Å². The van der Waals surface area contributed by atoms with Crippen LogP contribution >= 0.6 is 0 Å². The summed E-state index contributed by atoms with van der Waals surface area (Å²) in [5.41, 5.74) is 0.278. The van der Waals surface area contributed by atoms with Crippen LogP contribution in [0.15, 0.2) is 29.2 Å². The molecular weight excluding hydrogens is 288 g/mol. The van der Waals surface area contributed by atoms with Crippen molar-refractivity contribution >= 4 is 10.0 Å². The fraction of sp³-hybridized carbons (Fsp3) is 0.600. The molecule has 120 valence electrons. The summed E-state index contributed by atoms with van der Waals surface area (Å²) in [7, 11) is -1.60. The van der Waals surface area contributed by atoms with E-state index in [9.17, 15) is 13.5 Å². The number of hydrogen-bond acceptors (Lipinski definition) is 4. The summed E-state index contributed by atoms with van der Waals surface area (Å²) in [6, 6.07) is 6.75. The van der Waals surface area contributed by atoms with E-state index in [0.717, 1.165) is 5.56 Å². The lowest BCUT2D eigenvalue weighted by Crippen LogP contribution is -2.41. The molecule has 0 spiro atoms. The lowest BCUT2D eigenvalue weighted by atomic mass is 10.0. The predicted octanol–water partition coefficient (Wildman–Crippen LogP) is 1.37. The molecule has 0 bridgehead atoms. The van der Waals surface area contributed by atoms with Crippen LogP contribution in [-0.2, 0) is 10.0 Å². The first-order chi connectivity index (χ1) is 9.66. The van der Waals surface area contributed by atoms with Crippen molar-refractivity contribution < 1.29 is 13.5 Å². The van der Waals surface area contributed by atoms with E-state index in [-0.39, 0.29) is 4.90 Å². The van der Waals surface area contributed by atoms with Crippen LogP contribution in [0.25, 0.3) is 0 Å². The summed E-state index contributed by atoms with van der Waals surface area (Å²) >= 11 is 0. The molecule has 0 aromatic heterocycles. The highest BCUT2D eigenvalue weighted by Gasteiger charge is 2.20. The number of aryl methyl sites for hydroxylation is 1. The first kappa shape index (κ1) is 18.1. The summed E-state index contributed by atoms with van der Waals surface area (Å²) in [4.78, 5) is 2.19. The number of nitrogens with zero attached hydrogens (tertiary/aromatic N) is 1. The first-order valence-corrected chi connectivity index (χ1v) is 8.62. The molecule has 1 atom stereocenters. The molecular formula is C15H26N2O3S. The Kier molecular flexibility index (Phi) is 6.34. The Bertz CT molecular complexity index is 539. The molecule has 2 N–H and O–H groups in total. The molecule has 0 radical (unpaired) electrons. The van der Waals surface area contributed by atoms with Crippen molar-refractivity contribution in [1.29, 1.82) is 0 Å². The maximum Gasteiger partial charge on any atom is 0.240 e. The monoisotopic (exact) mass is 314 g/mol. The van der Waals surface area contributed by atoms with E-state index < -0.39 is 15.6 Å². The summed E-state index contributed by atoms with van der Waals surface area (Å²) in [6.07, 6.45) is 0.659. The van der Waals surface area contributed by atoms with Crippen LogP contribution in [-0.4, -0.2) is 50.7 Å². The van der Waals surface area contributed by atoms with Gasteiger partial charge in [0.1, 0.15) is 0 Å². The van der Waals surface area contributed by atoms with E-state index in [2.05, 4.69) is 4.72 Å². The zero-order valence-corrected chi connectivity index (χ0v) is 14.1. The average molecular weight is 314 g/mol. The molecule has 1 aromatic carbocycles. The van der Waals surface area contributed by atoms with Gasteiger partial charge in [0, 0.05) is 19.6 Å². The second-order valence-corrected chi connectivity index (χ2v) is 7.57. The van der Waals surface area contributed by atoms with E-state index in [4.69, 9.17) is 0 Å². The third kappa shape index (κ3) is 6.13. The van der Waals surface area contributed by atoms with Gasteiger partial charge in [-0.05, 0) is 39.4 Å². The minimum atomic E-state index is -3.46. The van der Waals surface area contributed by atoms with E-state index in [0.29, 0.717) is 26.1 Å². The van der Waals surface area contributed by atoms with Crippen molar-refractivity contribution in [3.8, 4) is 0 Å². The normalized spacial score (nSPS) is 15.1. The van der Waals surface area contributed by atoms with Gasteiger partial charge in [-0.25, -0.2) is 13.1 Å². The van der Waals surface area contributed by atoms with Gasteiger partial charge in [0.25, 0.3) is 0 Å². The lowest BCUT2D eigenvalue weighted by Gasteiger charge is -2.27. The van der Waals surface area contributed by atoms with Crippen molar-refractivity contribution in [3.63, 3.8) is 0 Å². The summed E-state index contributed by atoms with van der Waals surface area (Å²) in [5.74, 6) is 0. The van der Waals surface area contributed by atoms with Gasteiger partial charge in [0.05, 0.1) is 10.5 Å². The highest BCUT2D eigenvalue weighted by atomic mass is 32.2. The third-order valence-electron chi connectivity index (χ3n) is 3.49. The van der Waals surface area contributed by atoms with Crippen LogP contribution in [0.3, 0.4) is 0 Å². The van der Waals surface area contributed by atoms with E-state index in [1.165, 1.54) is 0 Å². The summed E-state index contributed by atoms with van der Waals surface area (Å²) in [6.45, 7) is 6.98. The van der Waals surface area contributed by atoms with Crippen molar-refractivity contribution in [2.75, 3.05) is 26.7 Å². The van der Waals surface area contributed by atoms with Crippen LogP contribution < -0.4 is 4.72 Å². The highest BCUT2D eigenvalue weighted by molar-refractivity contribution is 7.89. The molecule has 0 aliphatic carbocycles. The standard InChI is InChI=1S/C15H26N2O3S/c1-5-15(3,18)12-17(4)11-10-16-21(19,20)14-8-6-13(2)7-9-14/h6-9,16,18H,5,10-12H2,1-4H3/t15-/m0/s1. The van der Waals surface area contributed by atoms with E-state index in [1.54, 1.807) is 31.2 Å². The van der Waals surface area contributed by atoms with Crippen molar-refractivity contribution in [1.82, 2.24) is 9.62 Å². The SMILES string of the molecule is CC[C@](C)(O)CN(C)CCNS(=O)(=O)c1ccc(C)cc1. The second kappa shape index (κ2) is 7.35. The number of hydrogen-bond donors (Lipinski definition) is 2. The second-order valence-electron chi connectivity index (χ2n) is 5.80. The number of aliphatic hydroxyl groups is 1. The Labute approximate surface area is 128 Å². The van der Waals surface area contributed by atoms with Crippen LogP contribution in [0.5, 0.6) is 0 Å². The molecule has 0 unspecified atom stereocenters. The van der Waals surface area contributed by atoms with Crippen LogP contribution in [0.2, 0.25) is 0 Å². The van der Waals surface area contributed by atoms with Crippen molar-refractivity contribution in [2.45, 2.75) is 37.7 Å². The largest absolute Gasteiger partial charge is 0.389 e. The summed E-state index contributed by atoms with van der Waals surface area (Å²) in [5, 5.41) is 9.98. The van der Waals surface area contributed by atoms with Crippen LogP contribution in [0.1, 0.15) is 25.8 Å². The Hall–Kier alpha value is -0.950. The molecule has 5 nitrogen and oxygen atoms in total. The van der Waals surface area contributed by atoms with Crippen molar-refractivity contribution in [3.05, 3.63) is 29.8 Å². The fourth-order valence-corrected chi connectivity index (χ4v) is 2.97. The minimum Gasteiger partial charge on any atom is -0.389 e. The zero-order valence-electron chi connectivity index (χ0n) is 13.3. The van der Waals surface area contributed by atoms with E-state index >= 15 is 0 Å². The molecule has 0 aliphatic heterocycles. The van der Waals surface area contributed by atoms with Gasteiger partial charge >= 0.3 is 0 Å². The molecule has 1 aromatic rings. The molecule has 0 fully saturated rings. The topological polar surface area (TPSA) is 69.6 Å². The minimum absolute atomic E-state index is 0.274. The Morgan fingerprint density at radius 1 is 1.29 bits per heavy atom. The van der Waals surface area contributed by atoms with E-state index in [1.807, 2.05) is 25.8 Å². The van der Waals surface area contributed by atoms with Gasteiger partial charge in [-0.2, -0.15) is 0 Å². The molecule has 6 heteroatoms. The maximum atomic E-state index is 12.1. The Morgan fingerprint density at radius 2 is 1.86 bits per heavy atom. The number of likely N-dealkylation sites (N-methyl/N-ethyl adjacent to an activating group) is 1. The molecule has 0 saturated carbocycles. The predicted molar refractivity (Wildman–Crippen MR) is 84.8 cm³/mol. The Balaban J connectivity index is 2.49. The van der Waals surface area contributed by atoms with Crippen molar-refractivity contribution in [2.24, 2.45) is 0 Å². The van der Waals surface area contributed by atoms with Crippen LogP contribution in [0.4, 0.5) is 0 Å². The quantitative estimate of drug-likeness (QED) is 0.760. The third-order valence-corrected chi connectivity index (χ3v) is 4.97. The van der Waals surface area contributed by atoms with Gasteiger partial charge in [-0.15, -0.1) is 0 Å². The van der Waals surface area contributed by atoms with Crippen LogP contribution in [0, 0.1) is 6.92 Å². The van der Waals surface area contributed by atoms with Gasteiger partial charge in [-0.1, -0.05) is 24.6 Å².